The van der Waals surface area contributed by atoms with Crippen molar-refractivity contribution in [1.29, 1.82) is 0 Å². The van der Waals surface area contributed by atoms with Crippen LogP contribution in [0.2, 0.25) is 0 Å². The summed E-state index contributed by atoms with van der Waals surface area (Å²) < 4.78 is 10.8. The molecule has 1 aliphatic carbocycles. The molecule has 2 aliphatic rings. The lowest BCUT2D eigenvalue weighted by molar-refractivity contribution is 0.0459. The molecule has 1 spiro atoms. The molecule has 2 N–H and O–H groups in total. The lowest BCUT2D eigenvalue weighted by Gasteiger charge is -2.44. The van der Waals surface area contributed by atoms with Crippen LogP contribution in [0, 0.1) is 0 Å². The van der Waals surface area contributed by atoms with E-state index < -0.39 is 0 Å². The number of guanidine groups is 1. The van der Waals surface area contributed by atoms with E-state index >= 15 is 0 Å². The SMILES string of the molecule is COc1ccc(N2C(N)=NCC23CCCC(OC)C3)cc1. The van der Waals surface area contributed by atoms with Gasteiger partial charge in [0.25, 0.3) is 0 Å². The lowest BCUT2D eigenvalue weighted by Crippen LogP contribution is -2.55. The van der Waals surface area contributed by atoms with Crippen molar-refractivity contribution in [2.75, 3.05) is 25.7 Å². The van der Waals surface area contributed by atoms with Crippen LogP contribution in [0.15, 0.2) is 29.3 Å². The second-order valence-electron chi connectivity index (χ2n) is 5.89. The van der Waals surface area contributed by atoms with Gasteiger partial charge in [0, 0.05) is 12.8 Å². The predicted molar refractivity (Wildman–Crippen MR) is 84.0 cm³/mol. The molecule has 1 aliphatic heterocycles. The lowest BCUT2D eigenvalue weighted by atomic mass is 9.79. The molecular weight excluding hydrogens is 266 g/mol. The molecule has 0 aromatic heterocycles. The Morgan fingerprint density at radius 3 is 2.71 bits per heavy atom. The molecule has 0 saturated heterocycles. The quantitative estimate of drug-likeness (QED) is 0.926. The summed E-state index contributed by atoms with van der Waals surface area (Å²) in [6, 6.07) is 8.02. The van der Waals surface area contributed by atoms with Crippen molar-refractivity contribution in [1.82, 2.24) is 0 Å². The average Bonchev–Trinajstić information content (AvgIpc) is 2.83. The number of hydrogen-bond acceptors (Lipinski definition) is 5. The topological polar surface area (TPSA) is 60.1 Å². The zero-order chi connectivity index (χ0) is 14.9. The summed E-state index contributed by atoms with van der Waals surface area (Å²) in [6.07, 6.45) is 4.63. The molecule has 1 saturated carbocycles. The van der Waals surface area contributed by atoms with E-state index in [2.05, 4.69) is 9.89 Å². The van der Waals surface area contributed by atoms with Crippen LogP contribution in [0.1, 0.15) is 25.7 Å². The van der Waals surface area contributed by atoms with Crippen LogP contribution in [0.5, 0.6) is 5.75 Å². The highest BCUT2D eigenvalue weighted by atomic mass is 16.5. The molecule has 0 radical (unpaired) electrons. The number of methoxy groups -OCH3 is 2. The first-order valence-electron chi connectivity index (χ1n) is 7.45. The van der Waals surface area contributed by atoms with Gasteiger partial charge in [-0.2, -0.15) is 0 Å². The summed E-state index contributed by atoms with van der Waals surface area (Å²) in [4.78, 5) is 6.71. The highest BCUT2D eigenvalue weighted by Gasteiger charge is 2.46. The molecule has 114 valence electrons. The minimum Gasteiger partial charge on any atom is -0.497 e. The maximum absolute atomic E-state index is 6.18. The van der Waals surface area contributed by atoms with Crippen molar-refractivity contribution >= 4 is 11.6 Å². The Balaban J connectivity index is 1.91. The van der Waals surface area contributed by atoms with Crippen LogP contribution < -0.4 is 15.4 Å². The van der Waals surface area contributed by atoms with Gasteiger partial charge in [-0.1, -0.05) is 0 Å². The van der Waals surface area contributed by atoms with E-state index in [1.807, 2.05) is 24.3 Å². The number of nitrogens with two attached hydrogens (primary N) is 1. The number of benzene rings is 1. The van der Waals surface area contributed by atoms with Crippen LogP contribution in [-0.2, 0) is 4.74 Å². The molecule has 0 amide bonds. The maximum atomic E-state index is 6.18. The predicted octanol–water partition coefficient (Wildman–Crippen LogP) is 2.16. The van der Waals surface area contributed by atoms with E-state index in [-0.39, 0.29) is 5.54 Å². The second-order valence-corrected chi connectivity index (χ2v) is 5.89. The number of aliphatic imine (C=N–C) groups is 1. The van der Waals surface area contributed by atoms with Crippen LogP contribution in [0.25, 0.3) is 0 Å². The number of nitrogens with zero attached hydrogens (tertiary/aromatic N) is 2. The van der Waals surface area contributed by atoms with E-state index in [0.29, 0.717) is 12.1 Å². The van der Waals surface area contributed by atoms with Gasteiger partial charge in [-0.3, -0.25) is 4.99 Å². The summed E-state index contributed by atoms with van der Waals surface area (Å²) in [5, 5.41) is 0. The van der Waals surface area contributed by atoms with Crippen molar-refractivity contribution in [2.24, 2.45) is 10.7 Å². The van der Waals surface area contributed by atoms with Crippen LogP contribution in [-0.4, -0.2) is 38.4 Å². The monoisotopic (exact) mass is 289 g/mol. The summed E-state index contributed by atoms with van der Waals surface area (Å²) in [5.74, 6) is 1.46. The second kappa shape index (κ2) is 5.56. The zero-order valence-electron chi connectivity index (χ0n) is 12.7. The third-order valence-corrected chi connectivity index (χ3v) is 4.68. The Kier molecular flexibility index (Phi) is 3.76. The molecule has 3 rings (SSSR count). The van der Waals surface area contributed by atoms with Crippen molar-refractivity contribution in [3.63, 3.8) is 0 Å². The van der Waals surface area contributed by atoms with E-state index in [1.165, 1.54) is 0 Å². The van der Waals surface area contributed by atoms with Crippen molar-refractivity contribution in [3.05, 3.63) is 24.3 Å². The van der Waals surface area contributed by atoms with Gasteiger partial charge in [0.15, 0.2) is 5.96 Å². The molecule has 2 unspecified atom stereocenters. The first-order valence-corrected chi connectivity index (χ1v) is 7.45. The van der Waals surface area contributed by atoms with Gasteiger partial charge < -0.3 is 20.1 Å². The fourth-order valence-electron chi connectivity index (χ4n) is 3.58. The maximum Gasteiger partial charge on any atom is 0.196 e. The molecule has 1 aromatic rings. The molecule has 5 heteroatoms. The Bertz CT molecular complexity index is 529. The fourth-order valence-corrected chi connectivity index (χ4v) is 3.58. The van der Waals surface area contributed by atoms with Crippen molar-refractivity contribution in [3.8, 4) is 5.75 Å². The summed E-state index contributed by atoms with van der Waals surface area (Å²) >= 11 is 0. The molecule has 1 fully saturated rings. The molecule has 0 bridgehead atoms. The molecule has 2 atom stereocenters. The van der Waals surface area contributed by atoms with Crippen molar-refractivity contribution in [2.45, 2.75) is 37.3 Å². The average molecular weight is 289 g/mol. The minimum absolute atomic E-state index is 0.0302. The van der Waals surface area contributed by atoms with Gasteiger partial charge in [-0.05, 0) is 49.9 Å². The largest absolute Gasteiger partial charge is 0.497 e. The van der Waals surface area contributed by atoms with Gasteiger partial charge in [-0.25, -0.2) is 0 Å². The first kappa shape index (κ1) is 14.2. The van der Waals surface area contributed by atoms with Crippen LogP contribution in [0.3, 0.4) is 0 Å². The molecule has 1 heterocycles. The van der Waals surface area contributed by atoms with Gasteiger partial charge in [0.1, 0.15) is 5.75 Å². The smallest absolute Gasteiger partial charge is 0.196 e. The standard InChI is InChI=1S/C16H23N3O2/c1-20-13-7-5-12(6-8-13)19-15(17)18-11-16(19)9-3-4-14(10-16)21-2/h5-8,14H,3-4,9-11H2,1-2H3,(H2,17,18). The molecule has 1 aromatic carbocycles. The van der Waals surface area contributed by atoms with E-state index in [0.717, 1.165) is 43.7 Å². The Morgan fingerprint density at radius 2 is 2.05 bits per heavy atom. The van der Waals surface area contributed by atoms with Gasteiger partial charge in [0.05, 0.1) is 25.3 Å². The number of rotatable bonds is 3. The number of ether oxygens (including phenoxy) is 2. The van der Waals surface area contributed by atoms with Crippen molar-refractivity contribution < 1.29 is 9.47 Å². The normalized spacial score (nSPS) is 28.8. The van der Waals surface area contributed by atoms with Gasteiger partial charge in [-0.15, -0.1) is 0 Å². The Morgan fingerprint density at radius 1 is 1.29 bits per heavy atom. The fraction of sp³-hybridized carbons (Fsp3) is 0.562. The molecular formula is C16H23N3O2. The van der Waals surface area contributed by atoms with Crippen LogP contribution in [0.4, 0.5) is 5.69 Å². The summed E-state index contributed by atoms with van der Waals surface area (Å²) in [6.45, 7) is 0.755. The minimum atomic E-state index is -0.0302. The third kappa shape index (κ3) is 2.46. The number of hydrogen-bond donors (Lipinski definition) is 1. The van der Waals surface area contributed by atoms with E-state index in [1.54, 1.807) is 14.2 Å². The van der Waals surface area contributed by atoms with E-state index in [4.69, 9.17) is 15.2 Å². The van der Waals surface area contributed by atoms with Gasteiger partial charge >= 0.3 is 0 Å². The summed E-state index contributed by atoms with van der Waals surface area (Å²) in [5.41, 5.74) is 7.22. The molecule has 21 heavy (non-hydrogen) atoms. The third-order valence-electron chi connectivity index (χ3n) is 4.68. The highest BCUT2D eigenvalue weighted by molar-refractivity contribution is 5.98. The summed E-state index contributed by atoms with van der Waals surface area (Å²) in [7, 11) is 3.47. The Labute approximate surface area is 125 Å². The first-order chi connectivity index (χ1) is 10.2. The Hall–Kier alpha value is -1.75. The zero-order valence-corrected chi connectivity index (χ0v) is 12.7. The van der Waals surface area contributed by atoms with Gasteiger partial charge in [0.2, 0.25) is 0 Å². The molecule has 5 nitrogen and oxygen atoms in total. The number of anilines is 1. The van der Waals surface area contributed by atoms with E-state index in [9.17, 15) is 0 Å². The highest BCUT2D eigenvalue weighted by Crippen LogP contribution is 2.40. The van der Waals surface area contributed by atoms with Crippen LogP contribution >= 0.6 is 0 Å².